The predicted molar refractivity (Wildman–Crippen MR) is 94.0 cm³/mol. The smallest absolute Gasteiger partial charge is 0.308 e. The maximum Gasteiger partial charge on any atom is 0.308 e. The summed E-state index contributed by atoms with van der Waals surface area (Å²) in [5.41, 5.74) is 1.15. The van der Waals surface area contributed by atoms with Gasteiger partial charge in [0, 0.05) is 31.4 Å². The molecule has 26 heavy (non-hydrogen) atoms. The molecule has 0 unspecified atom stereocenters. The number of nitrogens with zero attached hydrogens (tertiary/aromatic N) is 2. The Balaban J connectivity index is 1.59. The molecule has 8 nitrogen and oxygen atoms in total. The van der Waals surface area contributed by atoms with Crippen LogP contribution in [-0.4, -0.2) is 53.8 Å². The number of hydrogen-bond acceptors (Lipinski definition) is 7. The van der Waals surface area contributed by atoms with Crippen LogP contribution in [0.4, 0.5) is 5.13 Å². The molecule has 2 atom stereocenters. The summed E-state index contributed by atoms with van der Waals surface area (Å²) < 4.78 is 10.7. The number of nitrogens with one attached hydrogen (secondary N) is 1. The van der Waals surface area contributed by atoms with Crippen LogP contribution < -0.4 is 14.8 Å². The van der Waals surface area contributed by atoms with E-state index in [2.05, 4.69) is 10.3 Å². The van der Waals surface area contributed by atoms with Gasteiger partial charge < -0.3 is 24.8 Å². The van der Waals surface area contributed by atoms with Gasteiger partial charge in [0.15, 0.2) is 16.6 Å². The van der Waals surface area contributed by atoms with Crippen molar-refractivity contribution in [1.82, 2.24) is 9.88 Å². The third kappa shape index (κ3) is 2.84. The average Bonchev–Trinajstić information content (AvgIpc) is 3.38. The lowest BCUT2D eigenvalue weighted by atomic mass is 9.89. The zero-order chi connectivity index (χ0) is 18.3. The number of ether oxygens (including phenoxy) is 2. The number of rotatable bonds is 4. The van der Waals surface area contributed by atoms with Gasteiger partial charge in [-0.3, -0.25) is 9.59 Å². The maximum absolute atomic E-state index is 12.7. The number of carbonyl (C=O) groups is 2. The number of benzene rings is 1. The van der Waals surface area contributed by atoms with Crippen LogP contribution in [0.5, 0.6) is 11.5 Å². The first-order valence-electron chi connectivity index (χ1n) is 8.11. The van der Waals surface area contributed by atoms with Crippen LogP contribution in [0, 0.1) is 5.92 Å². The van der Waals surface area contributed by atoms with E-state index >= 15 is 0 Å². The molecule has 1 saturated heterocycles. The lowest BCUT2D eigenvalue weighted by molar-refractivity contribution is -0.141. The molecule has 0 radical (unpaired) electrons. The van der Waals surface area contributed by atoms with Crippen LogP contribution in [0.25, 0.3) is 0 Å². The van der Waals surface area contributed by atoms with Crippen LogP contribution in [0.1, 0.15) is 22.0 Å². The van der Waals surface area contributed by atoms with Gasteiger partial charge in [0.25, 0.3) is 5.91 Å². The van der Waals surface area contributed by atoms with E-state index in [4.69, 9.17) is 9.47 Å². The number of likely N-dealkylation sites (tertiary alicyclic amines) is 1. The summed E-state index contributed by atoms with van der Waals surface area (Å²) in [6.07, 6.45) is 0. The molecule has 2 aliphatic rings. The highest BCUT2D eigenvalue weighted by Gasteiger charge is 2.41. The number of aromatic nitrogens is 1. The van der Waals surface area contributed by atoms with Crippen LogP contribution in [0.15, 0.2) is 23.6 Å². The summed E-state index contributed by atoms with van der Waals surface area (Å²) in [6.45, 7) is 0.635. The third-order valence-electron chi connectivity index (χ3n) is 4.69. The highest BCUT2D eigenvalue weighted by molar-refractivity contribution is 7.13. The summed E-state index contributed by atoms with van der Waals surface area (Å²) in [6, 6.07) is 5.42. The van der Waals surface area contributed by atoms with Crippen molar-refractivity contribution < 1.29 is 24.2 Å². The Morgan fingerprint density at radius 1 is 1.31 bits per heavy atom. The second-order valence-corrected chi connectivity index (χ2v) is 7.02. The standard InChI is InChI=1S/C17H17N3O5S/c1-18-17-19-12(7-26-17)15(21)20-5-10(11(6-20)16(22)23)9-2-3-13-14(4-9)25-8-24-13/h2-4,7,10-11H,5-6,8H2,1H3,(H,18,19)(H,22,23)/t10-,11+/m1/s1. The quantitative estimate of drug-likeness (QED) is 0.841. The number of aliphatic carboxylic acids is 1. The molecule has 0 saturated carbocycles. The molecule has 0 bridgehead atoms. The molecule has 0 aliphatic carbocycles. The Hall–Kier alpha value is -2.81. The molecule has 1 aromatic carbocycles. The van der Waals surface area contributed by atoms with Crippen molar-refractivity contribution in [3.8, 4) is 11.5 Å². The van der Waals surface area contributed by atoms with Gasteiger partial charge in [-0.2, -0.15) is 0 Å². The number of anilines is 1. The molecule has 0 spiro atoms. The van der Waals surface area contributed by atoms with Gasteiger partial charge in [-0.1, -0.05) is 6.07 Å². The van der Waals surface area contributed by atoms with Crippen LogP contribution in [0.2, 0.25) is 0 Å². The van der Waals surface area contributed by atoms with Crippen molar-refractivity contribution in [2.45, 2.75) is 5.92 Å². The Kier molecular flexibility index (Phi) is 4.15. The van der Waals surface area contributed by atoms with E-state index in [0.717, 1.165) is 5.56 Å². The SMILES string of the molecule is CNc1nc(C(=O)N2C[C@H](C(=O)O)[C@@H](c3ccc4c(c3)OCO4)C2)cs1. The summed E-state index contributed by atoms with van der Waals surface area (Å²) in [5.74, 6) is -0.910. The normalized spacial score (nSPS) is 21.0. The fourth-order valence-electron chi connectivity index (χ4n) is 3.35. The van der Waals surface area contributed by atoms with Crippen LogP contribution in [0.3, 0.4) is 0 Å². The number of amides is 1. The Morgan fingerprint density at radius 2 is 2.12 bits per heavy atom. The molecule has 4 rings (SSSR count). The van der Waals surface area contributed by atoms with Crippen LogP contribution in [-0.2, 0) is 4.79 Å². The molecule has 1 fully saturated rings. The molecular weight excluding hydrogens is 358 g/mol. The van der Waals surface area contributed by atoms with Crippen molar-refractivity contribution >= 4 is 28.3 Å². The van der Waals surface area contributed by atoms with Crippen molar-refractivity contribution in [3.05, 3.63) is 34.8 Å². The number of carbonyl (C=O) groups excluding carboxylic acids is 1. The lowest BCUT2D eigenvalue weighted by Gasteiger charge is -2.16. The van der Waals surface area contributed by atoms with E-state index in [-0.39, 0.29) is 25.2 Å². The fraction of sp³-hybridized carbons (Fsp3) is 0.353. The van der Waals surface area contributed by atoms with Gasteiger partial charge in [-0.15, -0.1) is 11.3 Å². The number of carboxylic acid groups (broad SMARTS) is 1. The maximum atomic E-state index is 12.7. The van der Waals surface area contributed by atoms with Crippen molar-refractivity contribution in [2.75, 3.05) is 32.2 Å². The monoisotopic (exact) mass is 375 g/mol. The average molecular weight is 375 g/mol. The van der Waals surface area contributed by atoms with Gasteiger partial charge in [-0.05, 0) is 17.7 Å². The molecular formula is C17H17N3O5S. The summed E-state index contributed by atoms with van der Waals surface area (Å²) in [4.78, 5) is 30.2. The molecule has 1 amide bonds. The van der Waals surface area contributed by atoms with E-state index in [9.17, 15) is 14.7 Å². The zero-order valence-electron chi connectivity index (χ0n) is 14.0. The topological polar surface area (TPSA) is 101 Å². The third-order valence-corrected chi connectivity index (χ3v) is 5.55. The van der Waals surface area contributed by atoms with E-state index in [1.54, 1.807) is 29.5 Å². The van der Waals surface area contributed by atoms with Gasteiger partial charge in [0.05, 0.1) is 5.92 Å². The summed E-state index contributed by atoms with van der Waals surface area (Å²) in [7, 11) is 1.74. The van der Waals surface area contributed by atoms with Gasteiger partial charge >= 0.3 is 5.97 Å². The number of thiazole rings is 1. The predicted octanol–water partition coefficient (Wildman–Crippen LogP) is 1.85. The van der Waals surface area contributed by atoms with Gasteiger partial charge in [0.1, 0.15) is 5.69 Å². The Bertz CT molecular complexity index is 868. The minimum absolute atomic E-state index is 0.152. The van der Waals surface area contributed by atoms with Crippen molar-refractivity contribution in [3.63, 3.8) is 0 Å². The zero-order valence-corrected chi connectivity index (χ0v) is 14.8. The highest BCUT2D eigenvalue weighted by atomic mass is 32.1. The Labute approximate surface area is 153 Å². The first kappa shape index (κ1) is 16.6. The molecule has 2 aliphatic heterocycles. The first-order chi connectivity index (χ1) is 12.6. The van der Waals surface area contributed by atoms with Crippen molar-refractivity contribution in [2.24, 2.45) is 5.92 Å². The largest absolute Gasteiger partial charge is 0.481 e. The number of carboxylic acids is 1. The molecule has 9 heteroatoms. The first-order valence-corrected chi connectivity index (χ1v) is 8.99. The van der Waals surface area contributed by atoms with Crippen LogP contribution >= 0.6 is 11.3 Å². The highest BCUT2D eigenvalue weighted by Crippen LogP contribution is 2.39. The second kappa shape index (κ2) is 6.49. The minimum Gasteiger partial charge on any atom is -0.481 e. The minimum atomic E-state index is -0.919. The van der Waals surface area contributed by atoms with Crippen molar-refractivity contribution in [1.29, 1.82) is 0 Å². The number of hydrogen-bond donors (Lipinski definition) is 2. The summed E-state index contributed by atoms with van der Waals surface area (Å²) >= 11 is 1.34. The second-order valence-electron chi connectivity index (χ2n) is 6.16. The number of fused-ring (bicyclic) bond motifs is 1. The van der Waals surface area contributed by atoms with Gasteiger partial charge in [-0.25, -0.2) is 4.98 Å². The van der Waals surface area contributed by atoms with E-state index in [1.807, 2.05) is 6.07 Å². The van der Waals surface area contributed by atoms with E-state index in [0.29, 0.717) is 28.9 Å². The van der Waals surface area contributed by atoms with E-state index < -0.39 is 11.9 Å². The molecule has 3 heterocycles. The molecule has 2 N–H and O–H groups in total. The summed E-state index contributed by atoms with van der Waals surface area (Å²) in [5, 5.41) is 14.9. The lowest BCUT2D eigenvalue weighted by Crippen LogP contribution is -2.30. The molecule has 2 aromatic rings. The van der Waals surface area contributed by atoms with Gasteiger partial charge in [0.2, 0.25) is 6.79 Å². The molecule has 1 aromatic heterocycles. The fourth-order valence-corrected chi connectivity index (χ4v) is 4.00. The van der Waals surface area contributed by atoms with E-state index in [1.165, 1.54) is 11.3 Å². The Morgan fingerprint density at radius 3 is 2.85 bits per heavy atom. The molecule has 136 valence electrons.